The van der Waals surface area contributed by atoms with Crippen LogP contribution in [-0.2, 0) is 0 Å². The minimum atomic E-state index is 0.536. The highest BCUT2D eigenvalue weighted by Gasteiger charge is 2.30. The van der Waals surface area contributed by atoms with Gasteiger partial charge in [0.25, 0.3) is 0 Å². The minimum Gasteiger partial charge on any atom is -0.372 e. The van der Waals surface area contributed by atoms with Crippen molar-refractivity contribution in [3.63, 3.8) is 0 Å². The highest BCUT2D eigenvalue weighted by molar-refractivity contribution is 5.64. The van der Waals surface area contributed by atoms with E-state index in [0.717, 1.165) is 5.92 Å². The van der Waals surface area contributed by atoms with Gasteiger partial charge in [-0.1, -0.05) is 27.2 Å². The standard InChI is InChI=1S/C26H43N3/c1-4-5-14-27-17-19-29(20-18-27)25-9-8-23(28-15-6-7-16-28)21-24(25)22-10-12-26(2,3)13-11-22/h8-9,21-22H,4-7,10-20H2,1-3H3. The number of benzene rings is 1. The summed E-state index contributed by atoms with van der Waals surface area (Å²) >= 11 is 0. The summed E-state index contributed by atoms with van der Waals surface area (Å²) in [6, 6.07) is 7.48. The summed E-state index contributed by atoms with van der Waals surface area (Å²) in [4.78, 5) is 7.98. The summed E-state index contributed by atoms with van der Waals surface area (Å²) in [5, 5.41) is 0. The Hall–Kier alpha value is -1.22. The zero-order valence-corrected chi connectivity index (χ0v) is 19.3. The van der Waals surface area contributed by atoms with Gasteiger partial charge in [-0.15, -0.1) is 0 Å². The van der Waals surface area contributed by atoms with Crippen molar-refractivity contribution in [3.05, 3.63) is 23.8 Å². The van der Waals surface area contributed by atoms with Gasteiger partial charge in [0, 0.05) is 50.6 Å². The van der Waals surface area contributed by atoms with Crippen LogP contribution < -0.4 is 9.80 Å². The van der Waals surface area contributed by atoms with Crippen LogP contribution in [0.2, 0.25) is 0 Å². The first-order valence-corrected chi connectivity index (χ1v) is 12.4. The number of anilines is 2. The Morgan fingerprint density at radius 3 is 2.24 bits per heavy atom. The molecular weight excluding hydrogens is 354 g/mol. The molecule has 0 aromatic heterocycles. The van der Waals surface area contributed by atoms with Gasteiger partial charge in [-0.2, -0.15) is 0 Å². The largest absolute Gasteiger partial charge is 0.372 e. The van der Waals surface area contributed by atoms with E-state index in [4.69, 9.17) is 0 Å². The third-order valence-electron chi connectivity index (χ3n) is 7.80. The van der Waals surface area contributed by atoms with E-state index in [1.165, 1.54) is 103 Å². The Morgan fingerprint density at radius 2 is 1.59 bits per heavy atom. The molecule has 2 saturated heterocycles. The van der Waals surface area contributed by atoms with Crippen LogP contribution >= 0.6 is 0 Å². The van der Waals surface area contributed by atoms with E-state index < -0.39 is 0 Å². The van der Waals surface area contributed by atoms with Crippen molar-refractivity contribution in [2.24, 2.45) is 5.41 Å². The molecule has 0 N–H and O–H groups in total. The van der Waals surface area contributed by atoms with Crippen LogP contribution in [0, 0.1) is 5.41 Å². The maximum absolute atomic E-state index is 2.70. The molecule has 3 aliphatic rings. The highest BCUT2D eigenvalue weighted by atomic mass is 15.3. The van der Waals surface area contributed by atoms with Crippen LogP contribution in [0.3, 0.4) is 0 Å². The fourth-order valence-corrected chi connectivity index (χ4v) is 5.63. The summed E-state index contributed by atoms with van der Waals surface area (Å²) < 4.78 is 0. The second-order valence-electron chi connectivity index (χ2n) is 10.6. The predicted molar refractivity (Wildman–Crippen MR) is 126 cm³/mol. The lowest BCUT2D eigenvalue weighted by molar-refractivity contribution is 0.224. The van der Waals surface area contributed by atoms with Crippen LogP contribution in [0.5, 0.6) is 0 Å². The molecule has 0 amide bonds. The summed E-state index contributed by atoms with van der Waals surface area (Å²) in [5.41, 5.74) is 5.22. The van der Waals surface area contributed by atoms with E-state index in [2.05, 4.69) is 53.7 Å². The van der Waals surface area contributed by atoms with Gasteiger partial charge in [0.15, 0.2) is 0 Å². The monoisotopic (exact) mass is 397 g/mol. The normalized spacial score (nSPS) is 23.7. The fraction of sp³-hybridized carbons (Fsp3) is 0.769. The molecule has 162 valence electrons. The zero-order chi connectivity index (χ0) is 20.3. The molecule has 1 aliphatic carbocycles. The molecule has 1 aromatic rings. The lowest BCUT2D eigenvalue weighted by atomic mass is 9.71. The van der Waals surface area contributed by atoms with Gasteiger partial charge >= 0.3 is 0 Å². The fourth-order valence-electron chi connectivity index (χ4n) is 5.63. The van der Waals surface area contributed by atoms with Crippen molar-refractivity contribution >= 4 is 11.4 Å². The second kappa shape index (κ2) is 9.29. The maximum Gasteiger partial charge on any atom is 0.0404 e. The smallest absolute Gasteiger partial charge is 0.0404 e. The maximum atomic E-state index is 2.70. The predicted octanol–water partition coefficient (Wildman–Crippen LogP) is 5.89. The van der Waals surface area contributed by atoms with Gasteiger partial charge in [0.05, 0.1) is 0 Å². The van der Waals surface area contributed by atoms with E-state index in [1.807, 2.05) is 0 Å². The number of rotatable bonds is 6. The lowest BCUT2D eigenvalue weighted by Gasteiger charge is -2.40. The Kier molecular flexibility index (Phi) is 6.73. The lowest BCUT2D eigenvalue weighted by Crippen LogP contribution is -2.47. The Balaban J connectivity index is 1.53. The summed E-state index contributed by atoms with van der Waals surface area (Å²) in [7, 11) is 0. The van der Waals surface area contributed by atoms with Crippen LogP contribution in [0.1, 0.15) is 83.6 Å². The van der Waals surface area contributed by atoms with E-state index >= 15 is 0 Å². The Morgan fingerprint density at radius 1 is 0.897 bits per heavy atom. The topological polar surface area (TPSA) is 9.72 Å². The molecule has 0 atom stereocenters. The van der Waals surface area contributed by atoms with E-state index in [-0.39, 0.29) is 0 Å². The molecule has 0 spiro atoms. The van der Waals surface area contributed by atoms with E-state index in [0.29, 0.717) is 5.41 Å². The summed E-state index contributed by atoms with van der Waals surface area (Å²) in [5.74, 6) is 0.749. The second-order valence-corrected chi connectivity index (χ2v) is 10.6. The molecular formula is C26H43N3. The Bertz CT molecular complexity index is 644. The summed E-state index contributed by atoms with van der Waals surface area (Å²) in [6.45, 7) is 15.8. The number of hydrogen-bond acceptors (Lipinski definition) is 3. The molecule has 0 radical (unpaired) electrons. The van der Waals surface area contributed by atoms with Gasteiger partial charge < -0.3 is 9.80 Å². The molecule has 1 aromatic carbocycles. The van der Waals surface area contributed by atoms with Gasteiger partial charge in [-0.3, -0.25) is 4.90 Å². The van der Waals surface area contributed by atoms with Crippen LogP contribution in [0.4, 0.5) is 11.4 Å². The first kappa shape index (κ1) is 21.0. The molecule has 4 rings (SSSR count). The van der Waals surface area contributed by atoms with Crippen molar-refractivity contribution in [3.8, 4) is 0 Å². The SMILES string of the molecule is CCCCN1CCN(c2ccc(N3CCCC3)cc2C2CCC(C)(C)CC2)CC1. The average molecular weight is 398 g/mol. The van der Waals surface area contributed by atoms with Crippen LogP contribution in [0.15, 0.2) is 18.2 Å². The zero-order valence-electron chi connectivity index (χ0n) is 19.3. The molecule has 0 bridgehead atoms. The first-order chi connectivity index (χ1) is 14.1. The van der Waals surface area contributed by atoms with Crippen molar-refractivity contribution in [1.29, 1.82) is 0 Å². The third kappa shape index (κ3) is 5.10. The van der Waals surface area contributed by atoms with E-state index in [1.54, 1.807) is 11.3 Å². The first-order valence-electron chi connectivity index (χ1n) is 12.4. The molecule has 3 fully saturated rings. The molecule has 3 heteroatoms. The molecule has 0 unspecified atom stereocenters. The van der Waals surface area contributed by atoms with Gasteiger partial charge in [-0.05, 0) is 86.6 Å². The van der Waals surface area contributed by atoms with Crippen molar-refractivity contribution in [2.45, 2.75) is 78.1 Å². The van der Waals surface area contributed by atoms with E-state index in [9.17, 15) is 0 Å². The molecule has 2 aliphatic heterocycles. The van der Waals surface area contributed by atoms with Gasteiger partial charge in [0.1, 0.15) is 0 Å². The quantitative estimate of drug-likeness (QED) is 0.592. The van der Waals surface area contributed by atoms with Crippen LogP contribution in [-0.4, -0.2) is 50.7 Å². The third-order valence-corrected chi connectivity index (χ3v) is 7.80. The van der Waals surface area contributed by atoms with Crippen molar-refractivity contribution in [2.75, 3.05) is 55.6 Å². The molecule has 1 saturated carbocycles. The number of nitrogens with zero attached hydrogens (tertiary/aromatic N) is 3. The van der Waals surface area contributed by atoms with Crippen LogP contribution in [0.25, 0.3) is 0 Å². The summed E-state index contributed by atoms with van der Waals surface area (Å²) in [6.07, 6.45) is 10.8. The Labute approximate surface area is 179 Å². The molecule has 3 nitrogen and oxygen atoms in total. The minimum absolute atomic E-state index is 0.536. The average Bonchev–Trinajstić information content (AvgIpc) is 3.27. The highest BCUT2D eigenvalue weighted by Crippen LogP contribution is 2.45. The van der Waals surface area contributed by atoms with Crippen molar-refractivity contribution in [1.82, 2.24) is 4.90 Å². The molecule has 29 heavy (non-hydrogen) atoms. The van der Waals surface area contributed by atoms with Gasteiger partial charge in [-0.25, -0.2) is 0 Å². The molecule has 2 heterocycles. The van der Waals surface area contributed by atoms with Crippen molar-refractivity contribution < 1.29 is 0 Å². The van der Waals surface area contributed by atoms with Gasteiger partial charge in [0.2, 0.25) is 0 Å². The number of unbranched alkanes of at least 4 members (excludes halogenated alkanes) is 1. The number of piperazine rings is 1. The number of hydrogen-bond donors (Lipinski definition) is 0.